The number of carbonyl (C=O) groups excluding carboxylic acids is 1. The summed E-state index contributed by atoms with van der Waals surface area (Å²) in [6.07, 6.45) is 0.867. The van der Waals surface area contributed by atoms with Crippen molar-refractivity contribution in [3.63, 3.8) is 0 Å². The lowest BCUT2D eigenvalue weighted by atomic mass is 10.3. The predicted molar refractivity (Wildman–Crippen MR) is 101 cm³/mol. The lowest BCUT2D eigenvalue weighted by Crippen LogP contribution is -2.23. The Hall–Kier alpha value is -2.09. The van der Waals surface area contributed by atoms with Crippen molar-refractivity contribution in [3.05, 3.63) is 51.6 Å². The molecule has 1 amide bonds. The highest BCUT2D eigenvalue weighted by Crippen LogP contribution is 2.27. The van der Waals surface area contributed by atoms with Gasteiger partial charge in [0.25, 0.3) is 0 Å². The van der Waals surface area contributed by atoms with Crippen molar-refractivity contribution < 1.29 is 14.1 Å². The lowest BCUT2D eigenvalue weighted by molar-refractivity contribution is -0.121. The normalized spacial score (nSPS) is 10.7. The second-order valence-electron chi connectivity index (χ2n) is 5.29. The van der Waals surface area contributed by atoms with E-state index in [1.54, 1.807) is 18.2 Å². The average molecular weight is 412 g/mol. The highest BCUT2D eigenvalue weighted by Gasteiger charge is 2.10. The van der Waals surface area contributed by atoms with Crippen LogP contribution in [0.25, 0.3) is 10.7 Å². The SMILES string of the molecule is O=C(CCCOc1ccc(Cl)cc1Cl)NCc1nc(-c2cccs2)no1. The van der Waals surface area contributed by atoms with Crippen molar-refractivity contribution in [2.45, 2.75) is 19.4 Å². The van der Waals surface area contributed by atoms with E-state index in [4.69, 9.17) is 32.5 Å². The van der Waals surface area contributed by atoms with Gasteiger partial charge >= 0.3 is 0 Å². The maximum atomic E-state index is 11.9. The number of carbonyl (C=O) groups is 1. The Morgan fingerprint density at radius 2 is 2.19 bits per heavy atom. The Morgan fingerprint density at radius 1 is 1.31 bits per heavy atom. The number of halogens is 2. The van der Waals surface area contributed by atoms with Gasteiger partial charge in [-0.3, -0.25) is 4.79 Å². The molecular weight excluding hydrogens is 397 g/mol. The van der Waals surface area contributed by atoms with Crippen LogP contribution in [0.3, 0.4) is 0 Å². The van der Waals surface area contributed by atoms with Gasteiger partial charge in [0, 0.05) is 11.4 Å². The smallest absolute Gasteiger partial charge is 0.246 e. The molecule has 26 heavy (non-hydrogen) atoms. The van der Waals surface area contributed by atoms with Gasteiger partial charge in [-0.25, -0.2) is 0 Å². The van der Waals surface area contributed by atoms with Crippen LogP contribution in [-0.4, -0.2) is 22.7 Å². The summed E-state index contributed by atoms with van der Waals surface area (Å²) in [5, 5.41) is 9.56. The summed E-state index contributed by atoms with van der Waals surface area (Å²) in [5.74, 6) is 1.32. The zero-order valence-corrected chi connectivity index (χ0v) is 15.9. The molecule has 0 unspecified atom stereocenters. The third-order valence-corrected chi connectivity index (χ3v) is 4.74. The molecule has 0 atom stereocenters. The molecular formula is C17H15Cl2N3O3S. The second kappa shape index (κ2) is 9.02. The quantitative estimate of drug-likeness (QED) is 0.548. The van der Waals surface area contributed by atoms with Crippen molar-refractivity contribution >= 4 is 40.4 Å². The minimum Gasteiger partial charge on any atom is -0.492 e. The number of benzene rings is 1. The van der Waals surface area contributed by atoms with Gasteiger partial charge in [0.15, 0.2) is 0 Å². The fraction of sp³-hybridized carbons (Fsp3) is 0.235. The summed E-state index contributed by atoms with van der Waals surface area (Å²) in [6, 6.07) is 8.83. The van der Waals surface area contributed by atoms with Crippen LogP contribution in [0.2, 0.25) is 10.0 Å². The number of hydrogen-bond donors (Lipinski definition) is 1. The lowest BCUT2D eigenvalue weighted by Gasteiger charge is -2.08. The van der Waals surface area contributed by atoms with E-state index >= 15 is 0 Å². The Bertz CT molecular complexity index is 868. The molecule has 0 aliphatic heterocycles. The fourth-order valence-corrected chi connectivity index (χ4v) is 3.21. The molecule has 136 valence electrons. The van der Waals surface area contributed by atoms with Crippen LogP contribution in [0.5, 0.6) is 5.75 Å². The first kappa shape index (κ1) is 18.7. The van der Waals surface area contributed by atoms with E-state index in [9.17, 15) is 4.79 Å². The fourth-order valence-electron chi connectivity index (χ4n) is 2.10. The van der Waals surface area contributed by atoms with Gasteiger partial charge in [-0.1, -0.05) is 34.4 Å². The first-order valence-electron chi connectivity index (χ1n) is 7.83. The van der Waals surface area contributed by atoms with E-state index in [0.29, 0.717) is 47.0 Å². The summed E-state index contributed by atoms with van der Waals surface area (Å²) in [4.78, 5) is 17.0. The van der Waals surface area contributed by atoms with Gasteiger partial charge in [0.1, 0.15) is 5.75 Å². The molecule has 0 bridgehead atoms. The molecule has 0 spiro atoms. The van der Waals surface area contributed by atoms with Crippen LogP contribution >= 0.6 is 34.5 Å². The Labute approximate surface area is 164 Å². The van der Waals surface area contributed by atoms with Gasteiger partial charge in [-0.15, -0.1) is 11.3 Å². The molecule has 9 heteroatoms. The molecule has 2 aromatic heterocycles. The molecule has 0 aliphatic rings. The van der Waals surface area contributed by atoms with E-state index in [0.717, 1.165) is 4.88 Å². The number of hydrogen-bond acceptors (Lipinski definition) is 6. The van der Waals surface area contributed by atoms with Gasteiger partial charge < -0.3 is 14.6 Å². The van der Waals surface area contributed by atoms with Gasteiger partial charge in [0.05, 0.1) is 23.1 Å². The van der Waals surface area contributed by atoms with Crippen molar-refractivity contribution in [2.75, 3.05) is 6.61 Å². The van der Waals surface area contributed by atoms with E-state index in [1.807, 2.05) is 17.5 Å². The maximum absolute atomic E-state index is 11.9. The highest BCUT2D eigenvalue weighted by molar-refractivity contribution is 7.13. The number of rotatable bonds is 8. The Morgan fingerprint density at radius 3 is 2.96 bits per heavy atom. The summed E-state index contributed by atoms with van der Waals surface area (Å²) in [5.41, 5.74) is 0. The monoisotopic (exact) mass is 411 g/mol. The minimum absolute atomic E-state index is 0.119. The number of nitrogens with zero attached hydrogens (tertiary/aromatic N) is 2. The predicted octanol–water partition coefficient (Wildman–Crippen LogP) is 4.58. The zero-order chi connectivity index (χ0) is 18.4. The standard InChI is InChI=1S/C17H15Cl2N3O3S/c18-11-5-6-13(12(19)9-11)24-7-1-4-15(23)20-10-16-21-17(22-25-16)14-3-2-8-26-14/h2-3,5-6,8-9H,1,4,7,10H2,(H,20,23). The van der Waals surface area contributed by atoms with Crippen LogP contribution in [0.15, 0.2) is 40.2 Å². The van der Waals surface area contributed by atoms with Gasteiger partial charge in [0.2, 0.25) is 17.6 Å². The summed E-state index contributed by atoms with van der Waals surface area (Å²) < 4.78 is 10.7. The first-order valence-corrected chi connectivity index (χ1v) is 9.46. The molecule has 0 saturated carbocycles. The van der Waals surface area contributed by atoms with Crippen molar-refractivity contribution in [3.8, 4) is 16.5 Å². The molecule has 6 nitrogen and oxygen atoms in total. The number of nitrogens with one attached hydrogen (secondary N) is 1. The molecule has 0 fully saturated rings. The van der Waals surface area contributed by atoms with E-state index in [2.05, 4.69) is 15.5 Å². The van der Waals surface area contributed by atoms with E-state index in [1.165, 1.54) is 11.3 Å². The molecule has 0 radical (unpaired) electrons. The molecule has 0 saturated heterocycles. The van der Waals surface area contributed by atoms with Gasteiger partial charge in [-0.2, -0.15) is 4.98 Å². The van der Waals surface area contributed by atoms with Crippen LogP contribution in [0, 0.1) is 0 Å². The third-order valence-electron chi connectivity index (χ3n) is 3.35. The van der Waals surface area contributed by atoms with Crippen molar-refractivity contribution in [2.24, 2.45) is 0 Å². The largest absolute Gasteiger partial charge is 0.492 e. The number of aromatic nitrogens is 2. The van der Waals surface area contributed by atoms with Crippen LogP contribution in [-0.2, 0) is 11.3 Å². The molecule has 0 aliphatic carbocycles. The molecule has 2 heterocycles. The average Bonchev–Trinajstić information content (AvgIpc) is 3.29. The molecule has 1 N–H and O–H groups in total. The zero-order valence-electron chi connectivity index (χ0n) is 13.6. The summed E-state index contributed by atoms with van der Waals surface area (Å²) >= 11 is 13.4. The number of ether oxygens (including phenoxy) is 1. The van der Waals surface area contributed by atoms with Crippen LogP contribution in [0.1, 0.15) is 18.7 Å². The first-order chi connectivity index (χ1) is 12.6. The topological polar surface area (TPSA) is 77.2 Å². The molecule has 3 aromatic rings. The van der Waals surface area contributed by atoms with E-state index in [-0.39, 0.29) is 12.5 Å². The molecule has 1 aromatic carbocycles. The number of amides is 1. The molecule has 3 rings (SSSR count). The highest BCUT2D eigenvalue weighted by atomic mass is 35.5. The summed E-state index contributed by atoms with van der Waals surface area (Å²) in [7, 11) is 0. The van der Waals surface area contributed by atoms with Crippen molar-refractivity contribution in [1.29, 1.82) is 0 Å². The maximum Gasteiger partial charge on any atom is 0.246 e. The van der Waals surface area contributed by atoms with Crippen molar-refractivity contribution in [1.82, 2.24) is 15.5 Å². The third kappa shape index (κ3) is 5.20. The van der Waals surface area contributed by atoms with Gasteiger partial charge in [-0.05, 0) is 36.1 Å². The Balaban J connectivity index is 1.37. The number of thiophene rings is 1. The van der Waals surface area contributed by atoms with Crippen LogP contribution in [0.4, 0.5) is 0 Å². The second-order valence-corrected chi connectivity index (χ2v) is 7.08. The Kier molecular flexibility index (Phi) is 6.49. The minimum atomic E-state index is -0.119. The van der Waals surface area contributed by atoms with Crippen LogP contribution < -0.4 is 10.1 Å². The summed E-state index contributed by atoms with van der Waals surface area (Å²) in [6.45, 7) is 0.568. The van der Waals surface area contributed by atoms with E-state index < -0.39 is 0 Å².